The molecule has 2 N–H and O–H groups in total. The van der Waals surface area contributed by atoms with E-state index in [0.29, 0.717) is 13.1 Å². The van der Waals surface area contributed by atoms with Crippen LogP contribution in [0, 0.1) is 5.92 Å². The van der Waals surface area contributed by atoms with Crippen LogP contribution in [0.5, 0.6) is 0 Å². The van der Waals surface area contributed by atoms with Crippen molar-refractivity contribution >= 4 is 10.0 Å². The number of aryl methyl sites for hydroxylation is 1. The minimum atomic E-state index is -3.50. The van der Waals surface area contributed by atoms with Crippen molar-refractivity contribution in [3.05, 3.63) is 6.20 Å². The van der Waals surface area contributed by atoms with E-state index < -0.39 is 10.0 Å². The van der Waals surface area contributed by atoms with Crippen LogP contribution in [0.2, 0.25) is 0 Å². The molecule has 102 valence electrons. The summed E-state index contributed by atoms with van der Waals surface area (Å²) in [5.41, 5.74) is 5.87. The Morgan fingerprint density at radius 1 is 1.56 bits per heavy atom. The molecule has 0 spiro atoms. The van der Waals surface area contributed by atoms with Gasteiger partial charge in [0.25, 0.3) is 10.0 Å². The number of nitrogens with two attached hydrogens (primary N) is 1. The summed E-state index contributed by atoms with van der Waals surface area (Å²) in [7, 11) is -1.92. The summed E-state index contributed by atoms with van der Waals surface area (Å²) in [5.74, 6) is 0.217. The van der Waals surface area contributed by atoms with E-state index in [2.05, 4.69) is 10.3 Å². The molecule has 0 aromatic carbocycles. The first-order valence-corrected chi connectivity index (χ1v) is 7.47. The zero-order valence-corrected chi connectivity index (χ0v) is 11.5. The molecular formula is C10H19N5O2S. The van der Waals surface area contributed by atoms with Crippen LogP contribution in [-0.2, 0) is 17.1 Å². The lowest BCUT2D eigenvalue weighted by Gasteiger charge is -2.33. The third-order valence-corrected chi connectivity index (χ3v) is 5.35. The van der Waals surface area contributed by atoms with Gasteiger partial charge in [-0.2, -0.15) is 4.31 Å². The third kappa shape index (κ3) is 2.40. The molecule has 2 rings (SSSR count). The SMILES string of the molecule is CC(N)C1CCCN(S(=O)(=O)c2cnnn2C)C1. The van der Waals surface area contributed by atoms with Crippen molar-refractivity contribution in [1.29, 1.82) is 0 Å². The Kier molecular flexibility index (Phi) is 3.69. The van der Waals surface area contributed by atoms with Crippen LogP contribution >= 0.6 is 0 Å². The monoisotopic (exact) mass is 273 g/mol. The number of hydrogen-bond acceptors (Lipinski definition) is 5. The van der Waals surface area contributed by atoms with E-state index in [0.717, 1.165) is 12.8 Å². The average molecular weight is 273 g/mol. The molecule has 1 saturated heterocycles. The predicted molar refractivity (Wildman–Crippen MR) is 66.1 cm³/mol. The number of hydrogen-bond donors (Lipinski definition) is 1. The summed E-state index contributed by atoms with van der Waals surface area (Å²) in [4.78, 5) is 0. The molecule has 0 radical (unpaired) electrons. The van der Waals surface area contributed by atoms with Crippen LogP contribution in [0.25, 0.3) is 0 Å². The van der Waals surface area contributed by atoms with Gasteiger partial charge in [-0.15, -0.1) is 5.10 Å². The quantitative estimate of drug-likeness (QED) is 0.806. The third-order valence-electron chi connectivity index (χ3n) is 3.44. The molecule has 1 aliphatic rings. The Bertz CT molecular complexity index is 510. The highest BCUT2D eigenvalue weighted by Gasteiger charge is 2.33. The lowest BCUT2D eigenvalue weighted by atomic mass is 9.93. The Morgan fingerprint density at radius 2 is 2.28 bits per heavy atom. The van der Waals surface area contributed by atoms with Gasteiger partial charge in [0.1, 0.15) is 0 Å². The highest BCUT2D eigenvalue weighted by Crippen LogP contribution is 2.24. The molecule has 1 aliphatic heterocycles. The molecule has 7 nitrogen and oxygen atoms in total. The van der Waals surface area contributed by atoms with E-state index in [9.17, 15) is 8.42 Å². The minimum Gasteiger partial charge on any atom is -0.328 e. The summed E-state index contributed by atoms with van der Waals surface area (Å²) >= 11 is 0. The van der Waals surface area contributed by atoms with Crippen LogP contribution in [-0.4, -0.2) is 46.8 Å². The van der Waals surface area contributed by atoms with E-state index in [1.165, 1.54) is 15.2 Å². The van der Waals surface area contributed by atoms with Crippen molar-refractivity contribution in [3.8, 4) is 0 Å². The fourth-order valence-electron chi connectivity index (χ4n) is 2.27. The van der Waals surface area contributed by atoms with Crippen LogP contribution < -0.4 is 5.73 Å². The van der Waals surface area contributed by atoms with Gasteiger partial charge in [0.2, 0.25) is 0 Å². The number of rotatable bonds is 3. The fraction of sp³-hybridized carbons (Fsp3) is 0.800. The molecule has 1 aromatic heterocycles. The zero-order valence-electron chi connectivity index (χ0n) is 10.7. The van der Waals surface area contributed by atoms with E-state index in [1.807, 2.05) is 6.92 Å². The first kappa shape index (κ1) is 13.4. The maximum absolute atomic E-state index is 12.4. The Hall–Kier alpha value is -0.990. The first-order valence-electron chi connectivity index (χ1n) is 6.03. The van der Waals surface area contributed by atoms with E-state index in [4.69, 9.17) is 5.73 Å². The zero-order chi connectivity index (χ0) is 13.3. The first-order chi connectivity index (χ1) is 8.43. The number of aromatic nitrogens is 3. The van der Waals surface area contributed by atoms with E-state index in [1.54, 1.807) is 7.05 Å². The second-order valence-corrected chi connectivity index (χ2v) is 6.71. The van der Waals surface area contributed by atoms with Crippen LogP contribution in [0.15, 0.2) is 11.2 Å². The normalized spacial score (nSPS) is 24.1. The molecule has 0 amide bonds. The topological polar surface area (TPSA) is 94.1 Å². The van der Waals surface area contributed by atoms with Crippen LogP contribution in [0.1, 0.15) is 19.8 Å². The molecule has 1 fully saturated rings. The highest BCUT2D eigenvalue weighted by atomic mass is 32.2. The van der Waals surface area contributed by atoms with Gasteiger partial charge in [0, 0.05) is 26.2 Å². The molecule has 2 atom stereocenters. The van der Waals surface area contributed by atoms with Gasteiger partial charge in [-0.05, 0) is 25.7 Å². The molecule has 0 saturated carbocycles. The van der Waals surface area contributed by atoms with Gasteiger partial charge in [-0.3, -0.25) is 0 Å². The number of piperidine rings is 1. The van der Waals surface area contributed by atoms with Gasteiger partial charge in [0.05, 0.1) is 6.20 Å². The van der Waals surface area contributed by atoms with Crippen molar-refractivity contribution in [3.63, 3.8) is 0 Å². The molecule has 2 unspecified atom stereocenters. The van der Waals surface area contributed by atoms with Gasteiger partial charge in [0.15, 0.2) is 5.03 Å². The van der Waals surface area contributed by atoms with Crippen LogP contribution in [0.4, 0.5) is 0 Å². The highest BCUT2D eigenvalue weighted by molar-refractivity contribution is 7.89. The molecular weight excluding hydrogens is 254 g/mol. The Labute approximate surface area is 107 Å². The second kappa shape index (κ2) is 4.94. The van der Waals surface area contributed by atoms with Crippen molar-refractivity contribution in [2.45, 2.75) is 30.8 Å². The van der Waals surface area contributed by atoms with Gasteiger partial charge in [-0.25, -0.2) is 13.1 Å². The van der Waals surface area contributed by atoms with Crippen molar-refractivity contribution in [1.82, 2.24) is 19.3 Å². The standard InChI is InChI=1S/C10H19N5O2S/c1-8(11)9-4-3-5-15(7-9)18(16,17)10-6-12-13-14(10)2/h6,8-9H,3-5,7,11H2,1-2H3. The van der Waals surface area contributed by atoms with Crippen molar-refractivity contribution < 1.29 is 8.42 Å². The van der Waals surface area contributed by atoms with Crippen molar-refractivity contribution in [2.75, 3.05) is 13.1 Å². The maximum Gasteiger partial charge on any atom is 0.261 e. The molecule has 2 heterocycles. The minimum absolute atomic E-state index is 0.00709. The lowest BCUT2D eigenvalue weighted by Crippen LogP contribution is -2.45. The summed E-state index contributed by atoms with van der Waals surface area (Å²) < 4.78 is 27.6. The maximum atomic E-state index is 12.4. The summed E-state index contributed by atoms with van der Waals surface area (Å²) in [6, 6.07) is 0.00709. The van der Waals surface area contributed by atoms with E-state index >= 15 is 0 Å². The fourth-order valence-corrected chi connectivity index (χ4v) is 3.84. The van der Waals surface area contributed by atoms with Gasteiger partial charge >= 0.3 is 0 Å². The largest absolute Gasteiger partial charge is 0.328 e. The number of sulfonamides is 1. The number of nitrogens with zero attached hydrogens (tertiary/aromatic N) is 4. The van der Waals surface area contributed by atoms with Gasteiger partial charge < -0.3 is 5.73 Å². The summed E-state index contributed by atoms with van der Waals surface area (Å²) in [5, 5.41) is 7.42. The molecule has 8 heteroatoms. The molecule has 0 bridgehead atoms. The Balaban J connectivity index is 2.23. The lowest BCUT2D eigenvalue weighted by molar-refractivity contribution is 0.242. The van der Waals surface area contributed by atoms with E-state index in [-0.39, 0.29) is 17.0 Å². The average Bonchev–Trinajstić information content (AvgIpc) is 2.76. The predicted octanol–water partition coefficient (Wildman–Crippen LogP) is -0.437. The van der Waals surface area contributed by atoms with Crippen LogP contribution in [0.3, 0.4) is 0 Å². The molecule has 0 aliphatic carbocycles. The Morgan fingerprint density at radius 3 is 2.83 bits per heavy atom. The second-order valence-electron chi connectivity index (χ2n) is 4.82. The molecule has 1 aromatic rings. The summed E-state index contributed by atoms with van der Waals surface area (Å²) in [6.45, 7) is 2.94. The van der Waals surface area contributed by atoms with Gasteiger partial charge in [-0.1, -0.05) is 5.21 Å². The smallest absolute Gasteiger partial charge is 0.261 e. The summed E-state index contributed by atoms with van der Waals surface area (Å²) in [6.07, 6.45) is 3.11. The molecule has 18 heavy (non-hydrogen) atoms. The van der Waals surface area contributed by atoms with Crippen molar-refractivity contribution in [2.24, 2.45) is 18.7 Å².